The van der Waals surface area contributed by atoms with Gasteiger partial charge in [0.15, 0.2) is 0 Å². The fourth-order valence-electron chi connectivity index (χ4n) is 2.11. The number of ether oxygens (including phenoxy) is 1. The first-order chi connectivity index (χ1) is 9.52. The van der Waals surface area contributed by atoms with Crippen molar-refractivity contribution in [1.82, 2.24) is 10.6 Å². The minimum absolute atomic E-state index is 0.294. The summed E-state index contributed by atoms with van der Waals surface area (Å²) >= 11 is 2.19. The molecule has 0 unspecified atom stereocenters. The van der Waals surface area contributed by atoms with Gasteiger partial charge in [-0.25, -0.2) is 9.59 Å². The van der Waals surface area contributed by atoms with Crippen molar-refractivity contribution in [1.29, 1.82) is 0 Å². The zero-order valence-corrected chi connectivity index (χ0v) is 13.4. The van der Waals surface area contributed by atoms with Crippen LogP contribution < -0.4 is 10.6 Å². The number of carbonyl (C=O) groups is 2. The number of hydrogen-bond acceptors (Lipinski definition) is 3. The van der Waals surface area contributed by atoms with Crippen LogP contribution >= 0.6 is 22.6 Å². The lowest BCUT2D eigenvalue weighted by Crippen LogP contribution is -2.45. The molecule has 0 saturated carbocycles. The monoisotopic (exact) mass is 386 g/mol. The SMILES string of the molecule is CCOC(=O)C1=C(C)NC(=O)N[C@H]1c1cccc(I)c1. The van der Waals surface area contributed by atoms with E-state index in [1.807, 2.05) is 24.3 Å². The Morgan fingerprint density at radius 3 is 2.85 bits per heavy atom. The van der Waals surface area contributed by atoms with Crippen molar-refractivity contribution < 1.29 is 14.3 Å². The molecule has 5 nitrogen and oxygen atoms in total. The van der Waals surface area contributed by atoms with Gasteiger partial charge in [-0.2, -0.15) is 0 Å². The maximum Gasteiger partial charge on any atom is 0.338 e. The summed E-state index contributed by atoms with van der Waals surface area (Å²) in [5.74, 6) is -0.415. The molecule has 1 aromatic carbocycles. The van der Waals surface area contributed by atoms with Gasteiger partial charge < -0.3 is 15.4 Å². The molecule has 0 bridgehead atoms. The second-order valence-corrected chi connectivity index (χ2v) is 5.59. The van der Waals surface area contributed by atoms with E-state index in [1.54, 1.807) is 13.8 Å². The Hall–Kier alpha value is -1.57. The maximum absolute atomic E-state index is 12.1. The molecule has 1 aliphatic heterocycles. The van der Waals surface area contributed by atoms with Gasteiger partial charge in [0, 0.05) is 9.27 Å². The van der Waals surface area contributed by atoms with Crippen LogP contribution in [0.2, 0.25) is 0 Å². The highest BCUT2D eigenvalue weighted by Gasteiger charge is 2.31. The summed E-state index contributed by atoms with van der Waals surface area (Å²) in [5, 5.41) is 5.38. The van der Waals surface area contributed by atoms with Crippen molar-refractivity contribution in [3.8, 4) is 0 Å². The predicted octanol–water partition coefficient (Wildman–Crippen LogP) is 2.48. The molecule has 20 heavy (non-hydrogen) atoms. The number of hydrogen-bond donors (Lipinski definition) is 2. The van der Waals surface area contributed by atoms with E-state index in [0.29, 0.717) is 17.9 Å². The molecule has 1 aromatic rings. The zero-order chi connectivity index (χ0) is 14.7. The molecule has 1 atom stereocenters. The second kappa shape index (κ2) is 6.25. The second-order valence-electron chi connectivity index (χ2n) is 4.35. The van der Waals surface area contributed by atoms with Gasteiger partial charge >= 0.3 is 12.0 Å². The Labute approximate surface area is 130 Å². The number of urea groups is 1. The van der Waals surface area contributed by atoms with Gasteiger partial charge in [-0.15, -0.1) is 0 Å². The molecule has 0 aliphatic carbocycles. The van der Waals surface area contributed by atoms with Crippen LogP contribution in [0, 0.1) is 3.57 Å². The molecule has 2 N–H and O–H groups in total. The van der Waals surface area contributed by atoms with Gasteiger partial charge in [0.05, 0.1) is 18.2 Å². The summed E-state index contributed by atoms with van der Waals surface area (Å²) in [6.45, 7) is 3.75. The molecule has 0 radical (unpaired) electrons. The third-order valence-electron chi connectivity index (χ3n) is 2.95. The van der Waals surface area contributed by atoms with E-state index >= 15 is 0 Å². The molecule has 0 aromatic heterocycles. The molecule has 1 aliphatic rings. The Bertz CT molecular complexity index is 584. The quantitative estimate of drug-likeness (QED) is 0.620. The van der Waals surface area contributed by atoms with Crippen molar-refractivity contribution in [2.75, 3.05) is 6.61 Å². The highest BCUT2D eigenvalue weighted by Crippen LogP contribution is 2.28. The van der Waals surface area contributed by atoms with Crippen molar-refractivity contribution >= 4 is 34.6 Å². The van der Waals surface area contributed by atoms with Crippen molar-refractivity contribution in [3.63, 3.8) is 0 Å². The number of rotatable bonds is 3. The summed E-state index contributed by atoms with van der Waals surface area (Å²) in [4.78, 5) is 23.8. The van der Waals surface area contributed by atoms with Crippen molar-refractivity contribution in [2.45, 2.75) is 19.9 Å². The van der Waals surface area contributed by atoms with E-state index in [4.69, 9.17) is 4.74 Å². The standard InChI is InChI=1S/C14H15IN2O3/c1-3-20-13(18)11-8(2)16-14(19)17-12(11)9-5-4-6-10(15)7-9/h4-7,12H,3H2,1-2H3,(H2,16,17,19)/t12-/m0/s1. The van der Waals surface area contributed by atoms with Gasteiger partial charge in [0.2, 0.25) is 0 Å². The highest BCUT2D eigenvalue weighted by atomic mass is 127. The van der Waals surface area contributed by atoms with E-state index in [-0.39, 0.29) is 6.03 Å². The Kier molecular flexibility index (Phi) is 4.64. The lowest BCUT2D eigenvalue weighted by Gasteiger charge is -2.28. The minimum Gasteiger partial charge on any atom is -0.463 e. The molecule has 0 saturated heterocycles. The Balaban J connectivity index is 2.44. The minimum atomic E-state index is -0.488. The first-order valence-electron chi connectivity index (χ1n) is 6.23. The molecule has 0 fully saturated rings. The summed E-state index contributed by atoms with van der Waals surface area (Å²) < 4.78 is 6.11. The first-order valence-corrected chi connectivity index (χ1v) is 7.31. The van der Waals surface area contributed by atoms with Crippen LogP contribution in [0.15, 0.2) is 35.5 Å². The fourth-order valence-corrected chi connectivity index (χ4v) is 2.68. The van der Waals surface area contributed by atoms with Crippen molar-refractivity contribution in [3.05, 3.63) is 44.7 Å². The average Bonchev–Trinajstić information content (AvgIpc) is 2.37. The summed E-state index contributed by atoms with van der Waals surface area (Å²) in [6.07, 6.45) is 0. The summed E-state index contributed by atoms with van der Waals surface area (Å²) in [6, 6.07) is 6.85. The van der Waals surface area contributed by atoms with Crippen LogP contribution in [-0.2, 0) is 9.53 Å². The molecule has 6 heteroatoms. The molecule has 2 rings (SSSR count). The predicted molar refractivity (Wildman–Crippen MR) is 82.9 cm³/mol. The largest absolute Gasteiger partial charge is 0.463 e. The average molecular weight is 386 g/mol. The molecule has 2 amide bonds. The number of halogens is 1. The van der Waals surface area contributed by atoms with Gasteiger partial charge in [-0.3, -0.25) is 0 Å². The van der Waals surface area contributed by atoms with E-state index < -0.39 is 12.0 Å². The number of benzene rings is 1. The Morgan fingerprint density at radius 1 is 1.45 bits per heavy atom. The van der Waals surface area contributed by atoms with Crippen LogP contribution in [0.4, 0.5) is 4.79 Å². The lowest BCUT2D eigenvalue weighted by molar-refractivity contribution is -0.139. The number of amides is 2. The highest BCUT2D eigenvalue weighted by molar-refractivity contribution is 14.1. The van der Waals surface area contributed by atoms with E-state index in [0.717, 1.165) is 9.13 Å². The van der Waals surface area contributed by atoms with Crippen LogP contribution in [0.1, 0.15) is 25.5 Å². The maximum atomic E-state index is 12.1. The third kappa shape index (κ3) is 3.12. The Morgan fingerprint density at radius 2 is 2.20 bits per heavy atom. The smallest absolute Gasteiger partial charge is 0.338 e. The first kappa shape index (κ1) is 14.8. The van der Waals surface area contributed by atoms with Crippen LogP contribution in [0.25, 0.3) is 0 Å². The third-order valence-corrected chi connectivity index (χ3v) is 3.62. The number of esters is 1. The molecule has 106 valence electrons. The molecule has 0 spiro atoms. The van der Waals surface area contributed by atoms with Crippen LogP contribution in [0.5, 0.6) is 0 Å². The van der Waals surface area contributed by atoms with Gasteiger partial charge in [-0.1, -0.05) is 12.1 Å². The molecule has 1 heterocycles. The number of nitrogens with one attached hydrogen (secondary N) is 2. The molecular formula is C14H15IN2O3. The van der Waals surface area contributed by atoms with Gasteiger partial charge in [0.25, 0.3) is 0 Å². The normalized spacial score (nSPS) is 18.4. The number of allylic oxidation sites excluding steroid dienone is 1. The van der Waals surface area contributed by atoms with Gasteiger partial charge in [-0.05, 0) is 54.1 Å². The lowest BCUT2D eigenvalue weighted by atomic mass is 9.96. The van der Waals surface area contributed by atoms with E-state index in [2.05, 4.69) is 33.2 Å². The fraction of sp³-hybridized carbons (Fsp3) is 0.286. The number of carbonyl (C=O) groups excluding carboxylic acids is 2. The van der Waals surface area contributed by atoms with Crippen LogP contribution in [0.3, 0.4) is 0 Å². The summed E-state index contributed by atoms with van der Waals surface area (Å²) in [5.41, 5.74) is 1.82. The summed E-state index contributed by atoms with van der Waals surface area (Å²) in [7, 11) is 0. The topological polar surface area (TPSA) is 67.4 Å². The van der Waals surface area contributed by atoms with E-state index in [1.165, 1.54) is 0 Å². The zero-order valence-electron chi connectivity index (χ0n) is 11.2. The van der Waals surface area contributed by atoms with Gasteiger partial charge in [0.1, 0.15) is 0 Å². The van der Waals surface area contributed by atoms with Crippen molar-refractivity contribution in [2.24, 2.45) is 0 Å². The van der Waals surface area contributed by atoms with Crippen LogP contribution in [-0.4, -0.2) is 18.6 Å². The molecular weight excluding hydrogens is 371 g/mol. The van der Waals surface area contributed by atoms with E-state index in [9.17, 15) is 9.59 Å².